The van der Waals surface area contributed by atoms with Gasteiger partial charge in [0.2, 0.25) is 0 Å². The molecule has 1 saturated heterocycles. The van der Waals surface area contributed by atoms with Crippen molar-refractivity contribution in [2.45, 2.75) is 40.2 Å². The third kappa shape index (κ3) is 2.83. The van der Waals surface area contributed by atoms with Crippen molar-refractivity contribution in [1.29, 1.82) is 0 Å². The lowest BCUT2D eigenvalue weighted by atomic mass is 10.1. The van der Waals surface area contributed by atoms with Crippen LogP contribution < -0.4 is 0 Å². The molecule has 3 rings (SSSR count). The Bertz CT molecular complexity index is 789. The number of likely N-dealkylation sites (tertiary alicyclic amines) is 1. The molecule has 0 bridgehead atoms. The molecule has 1 aliphatic heterocycles. The Morgan fingerprint density at radius 3 is 2.33 bits per heavy atom. The maximum Gasteiger partial charge on any atom is 0.270 e. The second kappa shape index (κ2) is 6.38. The van der Waals surface area contributed by atoms with Gasteiger partial charge in [-0.3, -0.25) is 4.79 Å². The van der Waals surface area contributed by atoms with Crippen molar-refractivity contribution in [3.63, 3.8) is 0 Å². The van der Waals surface area contributed by atoms with Crippen molar-refractivity contribution in [2.24, 2.45) is 0 Å². The second-order valence-corrected chi connectivity index (χ2v) is 6.52. The molecule has 2 heterocycles. The number of nitrogens with zero attached hydrogens (tertiary/aromatic N) is 2. The first-order valence-corrected chi connectivity index (χ1v) is 8.29. The van der Waals surface area contributed by atoms with E-state index in [2.05, 4.69) is 0 Å². The van der Waals surface area contributed by atoms with Gasteiger partial charge in [-0.05, 0) is 62.4 Å². The first kappa shape index (κ1) is 16.7. The van der Waals surface area contributed by atoms with Gasteiger partial charge >= 0.3 is 0 Å². The van der Waals surface area contributed by atoms with Crippen molar-refractivity contribution in [1.82, 2.24) is 9.47 Å². The quantitative estimate of drug-likeness (QED) is 0.835. The van der Waals surface area contributed by atoms with E-state index in [4.69, 9.17) is 0 Å². The molecule has 0 N–H and O–H groups in total. The molecule has 128 valence electrons. The highest BCUT2D eigenvalue weighted by atomic mass is 19.2. The number of rotatable bonds is 3. The summed E-state index contributed by atoms with van der Waals surface area (Å²) in [6, 6.07) is 3.89. The summed E-state index contributed by atoms with van der Waals surface area (Å²) in [5.41, 5.74) is 4.32. The third-order valence-corrected chi connectivity index (χ3v) is 5.06. The predicted octanol–water partition coefficient (Wildman–Crippen LogP) is 3.98. The molecule has 0 unspecified atom stereocenters. The van der Waals surface area contributed by atoms with Crippen molar-refractivity contribution >= 4 is 5.91 Å². The molecule has 0 atom stereocenters. The molecule has 0 saturated carbocycles. The van der Waals surface area contributed by atoms with Gasteiger partial charge in [0.15, 0.2) is 11.6 Å². The molecule has 1 fully saturated rings. The molecule has 0 aliphatic carbocycles. The van der Waals surface area contributed by atoms with Crippen molar-refractivity contribution in [3.05, 3.63) is 57.9 Å². The van der Waals surface area contributed by atoms with Crippen LogP contribution in [0.3, 0.4) is 0 Å². The van der Waals surface area contributed by atoms with Crippen LogP contribution in [0.25, 0.3) is 0 Å². The minimum Gasteiger partial charge on any atom is -0.337 e. The molecule has 5 heteroatoms. The topological polar surface area (TPSA) is 25.2 Å². The number of halogens is 2. The minimum atomic E-state index is -0.863. The molecule has 0 radical (unpaired) electrons. The number of carbonyl (C=O) groups excluding carboxylic acids is 1. The Labute approximate surface area is 140 Å². The average Bonchev–Trinajstić information content (AvgIpc) is 3.16. The fourth-order valence-corrected chi connectivity index (χ4v) is 3.39. The number of hydrogen-bond acceptors (Lipinski definition) is 1. The SMILES string of the molecule is Cc1c(C)c(C(=O)N2CCCC2)n(Cc2ccc(F)c(F)c2)c1C. The summed E-state index contributed by atoms with van der Waals surface area (Å²) < 4.78 is 28.6. The van der Waals surface area contributed by atoms with Crippen LogP contribution in [-0.2, 0) is 6.54 Å². The maximum absolute atomic E-state index is 13.5. The molecule has 2 aromatic rings. The fourth-order valence-electron chi connectivity index (χ4n) is 3.39. The van der Waals surface area contributed by atoms with E-state index in [0.29, 0.717) is 17.8 Å². The fraction of sp³-hybridized carbons (Fsp3) is 0.421. The Balaban J connectivity index is 2.01. The van der Waals surface area contributed by atoms with Crippen molar-refractivity contribution in [3.8, 4) is 0 Å². The Hall–Kier alpha value is -2.17. The summed E-state index contributed by atoms with van der Waals surface area (Å²) in [6.45, 7) is 7.83. The zero-order chi connectivity index (χ0) is 17.4. The van der Waals surface area contributed by atoms with Crippen LogP contribution in [-0.4, -0.2) is 28.5 Å². The number of aromatic nitrogens is 1. The van der Waals surface area contributed by atoms with Gasteiger partial charge in [0.25, 0.3) is 5.91 Å². The zero-order valence-electron chi connectivity index (χ0n) is 14.3. The Morgan fingerprint density at radius 2 is 1.71 bits per heavy atom. The standard InChI is InChI=1S/C19H22F2N2O/c1-12-13(2)18(19(24)22-8-4-5-9-22)23(14(12)3)11-15-6-7-16(20)17(21)10-15/h6-7,10H,4-5,8-9,11H2,1-3H3. The van der Waals surface area contributed by atoms with E-state index in [-0.39, 0.29) is 5.91 Å². The van der Waals surface area contributed by atoms with Gasteiger partial charge in [0.05, 0.1) is 0 Å². The smallest absolute Gasteiger partial charge is 0.270 e. The number of benzene rings is 1. The molecule has 1 aromatic carbocycles. The monoisotopic (exact) mass is 332 g/mol. The number of hydrogen-bond donors (Lipinski definition) is 0. The lowest BCUT2D eigenvalue weighted by Crippen LogP contribution is -2.30. The van der Waals surface area contributed by atoms with E-state index in [0.717, 1.165) is 48.8 Å². The van der Waals surface area contributed by atoms with Crippen LogP contribution in [0.1, 0.15) is 45.7 Å². The average molecular weight is 332 g/mol. The van der Waals surface area contributed by atoms with Crippen molar-refractivity contribution < 1.29 is 13.6 Å². The molecular weight excluding hydrogens is 310 g/mol. The van der Waals surface area contributed by atoms with E-state index < -0.39 is 11.6 Å². The molecule has 1 aliphatic rings. The molecule has 24 heavy (non-hydrogen) atoms. The zero-order valence-corrected chi connectivity index (χ0v) is 14.3. The first-order chi connectivity index (χ1) is 11.4. The van der Waals surface area contributed by atoms with Gasteiger partial charge < -0.3 is 9.47 Å². The molecular formula is C19H22F2N2O. The van der Waals surface area contributed by atoms with Gasteiger partial charge in [-0.15, -0.1) is 0 Å². The molecule has 0 spiro atoms. The highest BCUT2D eigenvalue weighted by Crippen LogP contribution is 2.25. The highest BCUT2D eigenvalue weighted by Gasteiger charge is 2.26. The van der Waals surface area contributed by atoms with E-state index in [9.17, 15) is 13.6 Å². The van der Waals surface area contributed by atoms with Crippen LogP contribution in [0.5, 0.6) is 0 Å². The van der Waals surface area contributed by atoms with E-state index >= 15 is 0 Å². The maximum atomic E-state index is 13.5. The van der Waals surface area contributed by atoms with Gasteiger partial charge in [-0.1, -0.05) is 6.07 Å². The predicted molar refractivity (Wildman–Crippen MR) is 89.2 cm³/mol. The summed E-state index contributed by atoms with van der Waals surface area (Å²) >= 11 is 0. The highest BCUT2D eigenvalue weighted by molar-refractivity contribution is 5.95. The number of amides is 1. The lowest BCUT2D eigenvalue weighted by molar-refractivity contribution is 0.0781. The number of carbonyl (C=O) groups is 1. The summed E-state index contributed by atoms with van der Waals surface area (Å²) in [6.07, 6.45) is 2.07. The van der Waals surface area contributed by atoms with E-state index in [1.54, 1.807) is 6.07 Å². The first-order valence-electron chi connectivity index (χ1n) is 8.29. The van der Waals surface area contributed by atoms with Crippen LogP contribution in [0.2, 0.25) is 0 Å². The Kier molecular flexibility index (Phi) is 4.43. The van der Waals surface area contributed by atoms with Crippen LogP contribution >= 0.6 is 0 Å². The van der Waals surface area contributed by atoms with Crippen LogP contribution in [0, 0.1) is 32.4 Å². The van der Waals surface area contributed by atoms with Gasteiger partial charge in [-0.25, -0.2) is 8.78 Å². The molecule has 3 nitrogen and oxygen atoms in total. The van der Waals surface area contributed by atoms with Crippen molar-refractivity contribution in [2.75, 3.05) is 13.1 Å². The lowest BCUT2D eigenvalue weighted by Gasteiger charge is -2.19. The van der Waals surface area contributed by atoms with E-state index in [1.165, 1.54) is 6.07 Å². The van der Waals surface area contributed by atoms with Gasteiger partial charge in [-0.2, -0.15) is 0 Å². The minimum absolute atomic E-state index is 0.0313. The summed E-state index contributed by atoms with van der Waals surface area (Å²) in [5.74, 6) is -1.69. The summed E-state index contributed by atoms with van der Waals surface area (Å²) in [4.78, 5) is 14.8. The van der Waals surface area contributed by atoms with Gasteiger partial charge in [0.1, 0.15) is 5.69 Å². The summed E-state index contributed by atoms with van der Waals surface area (Å²) in [5, 5.41) is 0. The van der Waals surface area contributed by atoms with Crippen LogP contribution in [0.4, 0.5) is 8.78 Å². The summed E-state index contributed by atoms with van der Waals surface area (Å²) in [7, 11) is 0. The van der Waals surface area contributed by atoms with Crippen LogP contribution in [0.15, 0.2) is 18.2 Å². The third-order valence-electron chi connectivity index (χ3n) is 5.06. The second-order valence-electron chi connectivity index (χ2n) is 6.52. The largest absolute Gasteiger partial charge is 0.337 e. The van der Waals surface area contributed by atoms with E-state index in [1.807, 2.05) is 30.2 Å². The normalized spacial score (nSPS) is 14.5. The molecule has 1 aromatic heterocycles. The van der Waals surface area contributed by atoms with Gasteiger partial charge in [0, 0.05) is 25.3 Å². The Morgan fingerprint density at radius 1 is 1.04 bits per heavy atom. The molecule has 1 amide bonds.